The molecule has 1 N–H and O–H groups in total. The number of benzene rings is 1. The van der Waals surface area contributed by atoms with E-state index in [0.29, 0.717) is 6.54 Å². The molecule has 122 valence electrons. The molecule has 0 fully saturated rings. The van der Waals surface area contributed by atoms with Crippen LogP contribution in [0.2, 0.25) is 25.1 Å². The first kappa shape index (κ1) is 20.0. The summed E-state index contributed by atoms with van der Waals surface area (Å²) in [7, 11) is 1.16. The summed E-state index contributed by atoms with van der Waals surface area (Å²) in [5.74, 6) is -0.811. The summed E-state index contributed by atoms with van der Waals surface area (Å²) in [5, 5.41) is 2.20. The number of halogens is 5. The fourth-order valence-electron chi connectivity index (χ4n) is 1.34. The second kappa shape index (κ2) is 8.73. The Kier molecular flexibility index (Phi) is 7.95. The van der Waals surface area contributed by atoms with E-state index in [0.717, 1.165) is 7.11 Å². The molecule has 0 radical (unpaired) electrons. The standard InChI is InChI=1S/C12H10Cl5NO3S/c1-3-18-4-5(12(19)21-2)22(20)11-9(16)7(14)6(13)8(15)10(11)17/h4,18H,3H2,1-2H3/b5-4+. The number of hydrogen-bond donors (Lipinski definition) is 1. The highest BCUT2D eigenvalue weighted by Gasteiger charge is 2.34. The van der Waals surface area contributed by atoms with Gasteiger partial charge in [-0.25, -0.2) is 4.79 Å². The molecule has 0 aliphatic heterocycles. The van der Waals surface area contributed by atoms with Gasteiger partial charge < -0.3 is 14.6 Å². The molecule has 4 nitrogen and oxygen atoms in total. The molecular formula is C12H10Cl5NO3S. The lowest BCUT2D eigenvalue weighted by Crippen LogP contribution is -2.19. The van der Waals surface area contributed by atoms with Crippen molar-refractivity contribution in [3.05, 3.63) is 36.2 Å². The predicted octanol–water partition coefficient (Wildman–Crippen LogP) is 4.69. The third-order valence-corrected chi connectivity index (χ3v) is 6.34. The Morgan fingerprint density at radius 3 is 2.00 bits per heavy atom. The van der Waals surface area contributed by atoms with E-state index in [4.69, 9.17) is 58.0 Å². The third-order valence-electron chi connectivity index (χ3n) is 2.38. The molecule has 1 aromatic rings. The second-order valence-electron chi connectivity index (χ2n) is 3.73. The Balaban J connectivity index is 3.49. The van der Waals surface area contributed by atoms with Crippen LogP contribution in [0.25, 0.3) is 0 Å². The molecule has 0 saturated heterocycles. The molecule has 0 bridgehead atoms. The molecule has 1 rings (SSSR count). The van der Waals surface area contributed by atoms with Gasteiger partial charge in [0.2, 0.25) is 0 Å². The summed E-state index contributed by atoms with van der Waals surface area (Å²) in [6, 6.07) is 0. The lowest BCUT2D eigenvalue weighted by atomic mass is 10.3. The van der Waals surface area contributed by atoms with Gasteiger partial charge in [0.15, 0.2) is 4.90 Å². The van der Waals surface area contributed by atoms with Crippen LogP contribution < -0.4 is 5.32 Å². The predicted molar refractivity (Wildman–Crippen MR) is 91.7 cm³/mol. The minimum absolute atomic E-state index is 0.0608. The Morgan fingerprint density at radius 1 is 1.14 bits per heavy atom. The van der Waals surface area contributed by atoms with Gasteiger partial charge in [-0.3, -0.25) is 0 Å². The van der Waals surface area contributed by atoms with Crippen LogP contribution in [0.4, 0.5) is 0 Å². The van der Waals surface area contributed by atoms with Crippen molar-refractivity contribution in [2.75, 3.05) is 13.7 Å². The number of rotatable bonds is 5. The molecule has 1 atom stereocenters. The zero-order valence-corrected chi connectivity index (χ0v) is 15.9. The minimum Gasteiger partial charge on any atom is -0.606 e. The zero-order valence-electron chi connectivity index (χ0n) is 11.3. The van der Waals surface area contributed by atoms with Crippen molar-refractivity contribution in [2.45, 2.75) is 11.8 Å². The maximum atomic E-state index is 12.7. The molecule has 1 unspecified atom stereocenters. The summed E-state index contributed by atoms with van der Waals surface area (Å²) < 4.78 is 17.3. The minimum atomic E-state index is -2.07. The van der Waals surface area contributed by atoms with Crippen molar-refractivity contribution in [3.63, 3.8) is 0 Å². The smallest absolute Gasteiger partial charge is 0.388 e. The van der Waals surface area contributed by atoms with Crippen LogP contribution in [-0.2, 0) is 20.7 Å². The van der Waals surface area contributed by atoms with E-state index in [1.165, 1.54) is 6.20 Å². The summed E-state index contributed by atoms with van der Waals surface area (Å²) in [4.78, 5) is 11.5. The van der Waals surface area contributed by atoms with Crippen LogP contribution in [-0.4, -0.2) is 24.2 Å². The molecule has 0 aliphatic rings. The Morgan fingerprint density at radius 2 is 1.59 bits per heavy atom. The van der Waals surface area contributed by atoms with Crippen LogP contribution in [0.5, 0.6) is 0 Å². The average molecular weight is 426 g/mol. The molecule has 1 aromatic carbocycles. The number of ether oxygens (including phenoxy) is 1. The van der Waals surface area contributed by atoms with Crippen molar-refractivity contribution < 1.29 is 14.1 Å². The highest BCUT2D eigenvalue weighted by Crippen LogP contribution is 2.47. The second-order valence-corrected chi connectivity index (χ2v) is 7.00. The number of hydrogen-bond acceptors (Lipinski definition) is 4. The molecule has 10 heteroatoms. The van der Waals surface area contributed by atoms with Gasteiger partial charge in [-0.05, 0) is 6.92 Å². The number of carbonyl (C=O) groups is 1. The topological polar surface area (TPSA) is 61.4 Å². The van der Waals surface area contributed by atoms with Crippen molar-refractivity contribution in [1.82, 2.24) is 5.32 Å². The highest BCUT2D eigenvalue weighted by atomic mass is 35.5. The van der Waals surface area contributed by atoms with E-state index >= 15 is 0 Å². The molecule has 0 heterocycles. The Hall–Kier alpha value is -0.0100. The van der Waals surface area contributed by atoms with Gasteiger partial charge in [-0.15, -0.1) is 0 Å². The van der Waals surface area contributed by atoms with Gasteiger partial charge in [0.1, 0.15) is 10.0 Å². The first-order valence-corrected chi connectivity index (χ1v) is 8.76. The number of carbonyl (C=O) groups excluding carboxylic acids is 1. The van der Waals surface area contributed by atoms with Gasteiger partial charge in [0.25, 0.3) is 4.91 Å². The molecule has 0 spiro atoms. The van der Waals surface area contributed by atoms with Crippen molar-refractivity contribution >= 4 is 75.1 Å². The van der Waals surface area contributed by atoms with Crippen LogP contribution in [0.3, 0.4) is 0 Å². The van der Waals surface area contributed by atoms with Gasteiger partial charge in [0, 0.05) is 17.7 Å². The molecular weight excluding hydrogens is 415 g/mol. The molecule has 22 heavy (non-hydrogen) atoms. The Bertz CT molecular complexity index is 594. The van der Waals surface area contributed by atoms with Crippen LogP contribution in [0, 0.1) is 0 Å². The fraction of sp³-hybridized carbons (Fsp3) is 0.250. The molecule has 0 saturated carbocycles. The van der Waals surface area contributed by atoms with Crippen molar-refractivity contribution in [1.29, 1.82) is 0 Å². The maximum Gasteiger partial charge on any atom is 0.388 e. The monoisotopic (exact) mass is 423 g/mol. The summed E-state index contributed by atoms with van der Waals surface area (Å²) in [6.45, 7) is 2.30. The van der Waals surface area contributed by atoms with Crippen molar-refractivity contribution in [2.24, 2.45) is 0 Å². The lowest BCUT2D eigenvalue weighted by molar-refractivity contribution is -0.135. The SMILES string of the molecule is CCN/C=C(\C(=O)OC)[S+]([O-])c1c(Cl)c(Cl)c(Cl)c(Cl)c1Cl. The van der Waals surface area contributed by atoms with E-state index in [-0.39, 0.29) is 34.9 Å². The van der Waals surface area contributed by atoms with Crippen LogP contribution in [0.1, 0.15) is 6.92 Å². The van der Waals surface area contributed by atoms with E-state index < -0.39 is 17.1 Å². The fourth-order valence-corrected chi connectivity index (χ4v) is 4.19. The lowest BCUT2D eigenvalue weighted by Gasteiger charge is -2.16. The van der Waals surface area contributed by atoms with Crippen LogP contribution >= 0.6 is 58.0 Å². The molecule has 0 amide bonds. The average Bonchev–Trinajstić information content (AvgIpc) is 2.51. The van der Waals surface area contributed by atoms with E-state index in [9.17, 15) is 9.35 Å². The van der Waals surface area contributed by atoms with E-state index in [1.54, 1.807) is 6.92 Å². The summed E-state index contributed by atoms with van der Waals surface area (Å²) in [6.07, 6.45) is 1.25. The quantitative estimate of drug-likeness (QED) is 0.245. The Labute approximate surface area is 155 Å². The largest absolute Gasteiger partial charge is 0.606 e. The summed E-state index contributed by atoms with van der Waals surface area (Å²) in [5.41, 5.74) is 0. The van der Waals surface area contributed by atoms with Crippen LogP contribution in [0.15, 0.2) is 16.0 Å². The van der Waals surface area contributed by atoms with Gasteiger partial charge in [-0.1, -0.05) is 58.0 Å². The van der Waals surface area contributed by atoms with E-state index in [2.05, 4.69) is 10.1 Å². The van der Waals surface area contributed by atoms with Gasteiger partial charge in [-0.2, -0.15) is 0 Å². The van der Waals surface area contributed by atoms with Gasteiger partial charge >= 0.3 is 5.97 Å². The normalized spacial score (nSPS) is 13.0. The third kappa shape index (κ3) is 4.09. The van der Waals surface area contributed by atoms with E-state index in [1.807, 2.05) is 0 Å². The number of nitrogens with one attached hydrogen (secondary N) is 1. The zero-order chi connectivity index (χ0) is 17.0. The van der Waals surface area contributed by atoms with Gasteiger partial charge in [0.05, 0.1) is 28.4 Å². The highest BCUT2D eigenvalue weighted by molar-refractivity contribution is 7.96. The van der Waals surface area contributed by atoms with Crippen molar-refractivity contribution in [3.8, 4) is 0 Å². The first-order chi connectivity index (χ1) is 10.3. The number of esters is 1. The first-order valence-electron chi connectivity index (χ1n) is 5.72. The molecule has 0 aliphatic carbocycles. The summed E-state index contributed by atoms with van der Waals surface area (Å²) >= 11 is 27.8. The number of methoxy groups -OCH3 is 1. The molecule has 0 aromatic heterocycles. The maximum absolute atomic E-state index is 12.7.